The molecule has 2 aliphatic rings. The molecule has 1 saturated heterocycles. The zero-order chi connectivity index (χ0) is 10.9. The maximum atomic E-state index is 6.06. The minimum Gasteiger partial charge on any atom is -0.381 e. The fraction of sp³-hybridized carbons (Fsp3) is 1.00. The first kappa shape index (κ1) is 11.7. The van der Waals surface area contributed by atoms with E-state index in [-0.39, 0.29) is 4.75 Å². The molecule has 88 valence electrons. The molecule has 3 heteroatoms. The number of nitrogens with two attached hydrogens (primary N) is 1. The van der Waals surface area contributed by atoms with Gasteiger partial charge in [0.2, 0.25) is 0 Å². The third-order valence-electron chi connectivity index (χ3n) is 4.35. The van der Waals surface area contributed by atoms with Crippen LogP contribution in [0.4, 0.5) is 0 Å². The molecule has 0 aromatic rings. The van der Waals surface area contributed by atoms with Crippen molar-refractivity contribution in [3.8, 4) is 0 Å². The number of thiol groups is 1. The van der Waals surface area contributed by atoms with E-state index in [0.717, 1.165) is 32.0 Å². The summed E-state index contributed by atoms with van der Waals surface area (Å²) in [6, 6.07) is 0.415. The molecule has 15 heavy (non-hydrogen) atoms. The van der Waals surface area contributed by atoms with Gasteiger partial charge in [0.05, 0.1) is 0 Å². The summed E-state index contributed by atoms with van der Waals surface area (Å²) in [6.07, 6.45) is 5.92. The van der Waals surface area contributed by atoms with E-state index in [2.05, 4.69) is 6.92 Å². The summed E-state index contributed by atoms with van der Waals surface area (Å²) in [5, 5.41) is 0. The summed E-state index contributed by atoms with van der Waals surface area (Å²) < 4.78 is 5.66. The van der Waals surface area contributed by atoms with Crippen LogP contribution in [0.2, 0.25) is 0 Å². The van der Waals surface area contributed by atoms with E-state index >= 15 is 0 Å². The SMILES string of the molecule is CC1CC(C2(S)CCOCC2)CCC1N. The standard InChI is InChI=1S/C12H23NOS/c1-9-8-10(2-3-11(9)13)12(15)4-6-14-7-5-12/h9-11,15H,2-8,13H2,1H3. The van der Waals surface area contributed by atoms with Crippen molar-refractivity contribution in [1.82, 2.24) is 0 Å². The minimum atomic E-state index is 0.229. The second-order valence-electron chi connectivity index (χ2n) is 5.37. The zero-order valence-corrected chi connectivity index (χ0v) is 10.5. The molecule has 0 aromatic carbocycles. The minimum absolute atomic E-state index is 0.229. The molecule has 3 unspecified atom stereocenters. The van der Waals surface area contributed by atoms with E-state index in [4.69, 9.17) is 23.1 Å². The Balaban J connectivity index is 1.97. The summed E-state index contributed by atoms with van der Waals surface area (Å²) >= 11 is 4.94. The van der Waals surface area contributed by atoms with Crippen molar-refractivity contribution >= 4 is 12.6 Å². The van der Waals surface area contributed by atoms with Crippen molar-refractivity contribution in [2.24, 2.45) is 17.6 Å². The number of rotatable bonds is 1. The molecule has 3 atom stereocenters. The quantitative estimate of drug-likeness (QED) is 0.676. The Morgan fingerprint density at radius 1 is 1.27 bits per heavy atom. The molecule has 1 aliphatic heterocycles. The molecular formula is C12H23NOS. The summed E-state index contributed by atoms with van der Waals surface area (Å²) in [7, 11) is 0. The highest BCUT2D eigenvalue weighted by atomic mass is 32.1. The first-order chi connectivity index (χ1) is 7.12. The third kappa shape index (κ3) is 2.51. The van der Waals surface area contributed by atoms with E-state index < -0.39 is 0 Å². The Bertz CT molecular complexity index is 216. The van der Waals surface area contributed by atoms with Gasteiger partial charge >= 0.3 is 0 Å². The molecule has 1 saturated carbocycles. The monoisotopic (exact) mass is 229 g/mol. The maximum Gasteiger partial charge on any atom is 0.0479 e. The van der Waals surface area contributed by atoms with Crippen molar-refractivity contribution < 1.29 is 4.74 Å². The lowest BCUT2D eigenvalue weighted by Crippen LogP contribution is -2.44. The lowest BCUT2D eigenvalue weighted by molar-refractivity contribution is 0.0489. The van der Waals surface area contributed by atoms with Crippen LogP contribution in [0.15, 0.2) is 0 Å². The van der Waals surface area contributed by atoms with Crippen molar-refractivity contribution in [2.45, 2.75) is 49.8 Å². The van der Waals surface area contributed by atoms with Gasteiger partial charge in [-0.1, -0.05) is 6.92 Å². The van der Waals surface area contributed by atoms with E-state index in [9.17, 15) is 0 Å². The molecule has 2 rings (SSSR count). The van der Waals surface area contributed by atoms with Crippen molar-refractivity contribution in [3.63, 3.8) is 0 Å². The number of hydrogen-bond acceptors (Lipinski definition) is 3. The predicted molar refractivity (Wildman–Crippen MR) is 66.3 cm³/mol. The molecule has 2 fully saturated rings. The van der Waals surface area contributed by atoms with Crippen LogP contribution >= 0.6 is 12.6 Å². The molecule has 0 spiro atoms. The normalized spacial score (nSPS) is 41.4. The van der Waals surface area contributed by atoms with E-state index in [0.29, 0.717) is 12.0 Å². The Morgan fingerprint density at radius 3 is 2.53 bits per heavy atom. The van der Waals surface area contributed by atoms with Crippen molar-refractivity contribution in [2.75, 3.05) is 13.2 Å². The largest absolute Gasteiger partial charge is 0.381 e. The van der Waals surface area contributed by atoms with Crippen LogP contribution in [-0.4, -0.2) is 24.0 Å². The van der Waals surface area contributed by atoms with Crippen LogP contribution in [0, 0.1) is 11.8 Å². The van der Waals surface area contributed by atoms with Crippen molar-refractivity contribution in [3.05, 3.63) is 0 Å². The van der Waals surface area contributed by atoms with Crippen LogP contribution in [0.5, 0.6) is 0 Å². The lowest BCUT2D eigenvalue weighted by Gasteiger charge is -2.44. The first-order valence-electron chi connectivity index (χ1n) is 6.17. The molecular weight excluding hydrogens is 206 g/mol. The summed E-state index contributed by atoms with van der Waals surface area (Å²) in [6.45, 7) is 4.06. The first-order valence-corrected chi connectivity index (χ1v) is 6.62. The fourth-order valence-corrected chi connectivity index (χ4v) is 3.46. The van der Waals surface area contributed by atoms with Crippen LogP contribution in [0.25, 0.3) is 0 Å². The summed E-state index contributed by atoms with van der Waals surface area (Å²) in [5.41, 5.74) is 6.06. The summed E-state index contributed by atoms with van der Waals surface area (Å²) in [5.74, 6) is 1.41. The molecule has 2 N–H and O–H groups in total. The third-order valence-corrected chi connectivity index (χ3v) is 5.17. The van der Waals surface area contributed by atoms with Gasteiger partial charge in [-0.05, 0) is 43.9 Å². The second kappa shape index (κ2) is 4.64. The van der Waals surface area contributed by atoms with Gasteiger partial charge in [-0.2, -0.15) is 12.6 Å². The smallest absolute Gasteiger partial charge is 0.0479 e. The lowest BCUT2D eigenvalue weighted by atomic mass is 9.71. The van der Waals surface area contributed by atoms with Gasteiger partial charge < -0.3 is 10.5 Å². The molecule has 0 amide bonds. The van der Waals surface area contributed by atoms with Gasteiger partial charge in [-0.3, -0.25) is 0 Å². The van der Waals surface area contributed by atoms with E-state index in [1.807, 2.05) is 0 Å². The van der Waals surface area contributed by atoms with Crippen LogP contribution in [0.1, 0.15) is 39.0 Å². The van der Waals surface area contributed by atoms with Gasteiger partial charge in [-0.25, -0.2) is 0 Å². The topological polar surface area (TPSA) is 35.2 Å². The molecule has 0 bridgehead atoms. The van der Waals surface area contributed by atoms with Crippen molar-refractivity contribution in [1.29, 1.82) is 0 Å². The van der Waals surface area contributed by atoms with Crippen LogP contribution in [-0.2, 0) is 4.74 Å². The highest BCUT2D eigenvalue weighted by Gasteiger charge is 2.40. The molecule has 0 radical (unpaired) electrons. The number of ether oxygens (including phenoxy) is 1. The van der Waals surface area contributed by atoms with E-state index in [1.54, 1.807) is 0 Å². The highest BCUT2D eigenvalue weighted by Crippen LogP contribution is 2.44. The Morgan fingerprint density at radius 2 is 1.93 bits per heavy atom. The second-order valence-corrected chi connectivity index (χ2v) is 6.26. The molecule has 1 heterocycles. The van der Waals surface area contributed by atoms with Gasteiger partial charge in [0.1, 0.15) is 0 Å². The van der Waals surface area contributed by atoms with Crippen LogP contribution < -0.4 is 5.73 Å². The Hall–Kier alpha value is 0.270. The Labute approximate surface area is 98.4 Å². The molecule has 0 aromatic heterocycles. The Kier molecular flexibility index (Phi) is 3.63. The molecule has 1 aliphatic carbocycles. The average molecular weight is 229 g/mol. The van der Waals surface area contributed by atoms with E-state index in [1.165, 1.54) is 19.3 Å². The van der Waals surface area contributed by atoms with Gasteiger partial charge in [0.15, 0.2) is 0 Å². The number of hydrogen-bond donors (Lipinski definition) is 2. The maximum absolute atomic E-state index is 6.06. The molecule has 2 nitrogen and oxygen atoms in total. The van der Waals surface area contributed by atoms with Crippen LogP contribution in [0.3, 0.4) is 0 Å². The fourth-order valence-electron chi connectivity index (χ4n) is 3.04. The zero-order valence-electron chi connectivity index (χ0n) is 9.61. The van der Waals surface area contributed by atoms with Gasteiger partial charge in [-0.15, -0.1) is 0 Å². The summed E-state index contributed by atoms with van der Waals surface area (Å²) in [4.78, 5) is 0. The van der Waals surface area contributed by atoms with Gasteiger partial charge in [0, 0.05) is 24.0 Å². The van der Waals surface area contributed by atoms with Gasteiger partial charge in [0.25, 0.3) is 0 Å². The predicted octanol–water partition coefficient (Wildman–Crippen LogP) is 2.23. The average Bonchev–Trinajstić information content (AvgIpc) is 2.23. The highest BCUT2D eigenvalue weighted by molar-refractivity contribution is 7.81.